The molecule has 1 aromatic rings. The van der Waals surface area contributed by atoms with Gasteiger partial charge in [-0.05, 0) is 6.07 Å². The van der Waals surface area contributed by atoms with Crippen LogP contribution in [0, 0.1) is 0 Å². The number of carbonyl (C=O) groups excluding carboxylic acids is 1. The molecule has 1 unspecified atom stereocenters. The van der Waals surface area contributed by atoms with E-state index in [9.17, 15) is 9.90 Å². The van der Waals surface area contributed by atoms with Crippen molar-refractivity contribution < 1.29 is 19.4 Å². The Morgan fingerprint density at radius 1 is 1.29 bits per heavy atom. The van der Waals surface area contributed by atoms with Gasteiger partial charge in [0.2, 0.25) is 0 Å². The molecular weight excluding hydrogens is 220 g/mol. The molecule has 0 heterocycles. The Kier molecular flexibility index (Phi) is 4.12. The van der Waals surface area contributed by atoms with E-state index >= 15 is 0 Å². The molecule has 0 saturated heterocycles. The van der Waals surface area contributed by atoms with Gasteiger partial charge in [-0.3, -0.25) is 0 Å². The van der Waals surface area contributed by atoms with Crippen LogP contribution in [0.1, 0.15) is 19.4 Å². The summed E-state index contributed by atoms with van der Waals surface area (Å²) < 4.78 is 9.80. The fourth-order valence-electron chi connectivity index (χ4n) is 1.73. The molecule has 0 saturated carbocycles. The van der Waals surface area contributed by atoms with Crippen molar-refractivity contribution in [3.8, 4) is 5.75 Å². The van der Waals surface area contributed by atoms with E-state index in [1.807, 2.05) is 18.2 Å². The van der Waals surface area contributed by atoms with Crippen LogP contribution in [0.5, 0.6) is 5.75 Å². The summed E-state index contributed by atoms with van der Waals surface area (Å²) in [6.07, 6.45) is -1.23. The minimum Gasteiger partial charge on any atom is -0.496 e. The molecule has 0 spiro atoms. The van der Waals surface area contributed by atoms with Gasteiger partial charge in [0.05, 0.1) is 14.2 Å². The Labute approximate surface area is 101 Å². The van der Waals surface area contributed by atoms with E-state index in [1.165, 1.54) is 7.11 Å². The average molecular weight is 238 g/mol. The molecule has 0 radical (unpaired) electrons. The van der Waals surface area contributed by atoms with Gasteiger partial charge in [-0.2, -0.15) is 0 Å². The van der Waals surface area contributed by atoms with Gasteiger partial charge in [0.25, 0.3) is 0 Å². The molecule has 4 heteroatoms. The van der Waals surface area contributed by atoms with Crippen molar-refractivity contribution in [3.63, 3.8) is 0 Å². The van der Waals surface area contributed by atoms with Crippen molar-refractivity contribution in [2.24, 2.45) is 0 Å². The summed E-state index contributed by atoms with van der Waals surface area (Å²) in [7, 11) is 2.81. The SMILES string of the molecule is COC(=O)C(O)C(C)(C)c1ccccc1OC. The van der Waals surface area contributed by atoms with Gasteiger partial charge in [-0.1, -0.05) is 32.0 Å². The molecule has 0 bridgehead atoms. The monoisotopic (exact) mass is 238 g/mol. The van der Waals surface area contributed by atoms with Gasteiger partial charge in [0.15, 0.2) is 6.10 Å². The first-order valence-electron chi connectivity index (χ1n) is 5.34. The smallest absolute Gasteiger partial charge is 0.335 e. The molecule has 0 aromatic heterocycles. The molecule has 1 aromatic carbocycles. The lowest BCUT2D eigenvalue weighted by Crippen LogP contribution is -2.40. The first-order valence-corrected chi connectivity index (χ1v) is 5.34. The van der Waals surface area contributed by atoms with Crippen molar-refractivity contribution in [3.05, 3.63) is 29.8 Å². The van der Waals surface area contributed by atoms with Crippen LogP contribution in [0.15, 0.2) is 24.3 Å². The number of methoxy groups -OCH3 is 2. The number of aliphatic hydroxyl groups excluding tert-OH is 1. The van der Waals surface area contributed by atoms with Crippen LogP contribution < -0.4 is 4.74 Å². The van der Waals surface area contributed by atoms with E-state index in [4.69, 9.17) is 4.74 Å². The molecule has 94 valence electrons. The van der Waals surface area contributed by atoms with Crippen molar-refractivity contribution in [2.75, 3.05) is 14.2 Å². The van der Waals surface area contributed by atoms with E-state index in [0.29, 0.717) is 5.75 Å². The lowest BCUT2D eigenvalue weighted by Gasteiger charge is -2.30. The highest BCUT2D eigenvalue weighted by atomic mass is 16.5. The predicted molar refractivity (Wildman–Crippen MR) is 64.0 cm³/mol. The number of rotatable bonds is 4. The highest BCUT2D eigenvalue weighted by molar-refractivity contribution is 5.76. The van der Waals surface area contributed by atoms with Crippen molar-refractivity contribution >= 4 is 5.97 Å². The summed E-state index contributed by atoms with van der Waals surface area (Å²) >= 11 is 0. The topological polar surface area (TPSA) is 55.8 Å². The number of esters is 1. The Morgan fingerprint density at radius 2 is 1.88 bits per heavy atom. The third-order valence-electron chi connectivity index (χ3n) is 2.91. The van der Waals surface area contributed by atoms with Gasteiger partial charge in [-0.25, -0.2) is 4.79 Å². The second kappa shape index (κ2) is 5.19. The zero-order chi connectivity index (χ0) is 13.1. The van der Waals surface area contributed by atoms with Crippen LogP contribution in [0.2, 0.25) is 0 Å². The molecule has 1 N–H and O–H groups in total. The first-order chi connectivity index (χ1) is 7.95. The predicted octanol–water partition coefficient (Wildman–Crippen LogP) is 1.51. The van der Waals surface area contributed by atoms with Gasteiger partial charge in [0, 0.05) is 11.0 Å². The third kappa shape index (κ3) is 2.58. The summed E-state index contributed by atoms with van der Waals surface area (Å²) in [5.41, 5.74) is -0.0138. The Balaban J connectivity index is 3.16. The Hall–Kier alpha value is -1.55. The Morgan fingerprint density at radius 3 is 2.41 bits per heavy atom. The number of para-hydroxylation sites is 1. The fraction of sp³-hybridized carbons (Fsp3) is 0.462. The van der Waals surface area contributed by atoms with Crippen molar-refractivity contribution in [1.82, 2.24) is 0 Å². The molecule has 0 fully saturated rings. The number of ether oxygens (including phenoxy) is 2. The maximum atomic E-state index is 11.4. The van der Waals surface area contributed by atoms with E-state index < -0.39 is 17.5 Å². The van der Waals surface area contributed by atoms with E-state index in [2.05, 4.69) is 4.74 Å². The standard InChI is InChI=1S/C13H18O4/c1-13(2,11(14)12(15)17-4)9-7-5-6-8-10(9)16-3/h5-8,11,14H,1-4H3. The molecule has 4 nitrogen and oxygen atoms in total. The Bertz CT molecular complexity index is 398. The second-order valence-electron chi connectivity index (χ2n) is 4.35. The summed E-state index contributed by atoms with van der Waals surface area (Å²) in [6, 6.07) is 7.29. The van der Waals surface area contributed by atoms with Gasteiger partial charge in [-0.15, -0.1) is 0 Å². The second-order valence-corrected chi connectivity index (χ2v) is 4.35. The lowest BCUT2D eigenvalue weighted by molar-refractivity contribution is -0.153. The summed E-state index contributed by atoms with van der Waals surface area (Å²) in [4.78, 5) is 11.4. The van der Waals surface area contributed by atoms with Crippen LogP contribution in [0.25, 0.3) is 0 Å². The highest BCUT2D eigenvalue weighted by Crippen LogP contribution is 2.34. The normalized spacial score (nSPS) is 13.0. The number of carbonyl (C=O) groups is 1. The molecule has 0 aliphatic heterocycles. The van der Waals surface area contributed by atoms with Crippen molar-refractivity contribution in [2.45, 2.75) is 25.4 Å². The van der Waals surface area contributed by atoms with Crippen LogP contribution in [0.3, 0.4) is 0 Å². The quantitative estimate of drug-likeness (QED) is 0.808. The summed E-state index contributed by atoms with van der Waals surface area (Å²) in [6.45, 7) is 3.54. The third-order valence-corrected chi connectivity index (χ3v) is 2.91. The molecule has 0 aliphatic rings. The maximum absolute atomic E-state index is 11.4. The van der Waals surface area contributed by atoms with E-state index in [1.54, 1.807) is 27.0 Å². The van der Waals surface area contributed by atoms with Crippen LogP contribution in [-0.2, 0) is 14.9 Å². The van der Waals surface area contributed by atoms with Gasteiger partial charge >= 0.3 is 5.97 Å². The summed E-state index contributed by atoms with van der Waals surface area (Å²) in [5, 5.41) is 9.99. The zero-order valence-electron chi connectivity index (χ0n) is 10.6. The number of benzene rings is 1. The van der Waals surface area contributed by atoms with Gasteiger partial charge < -0.3 is 14.6 Å². The molecular formula is C13H18O4. The molecule has 1 atom stereocenters. The molecule has 17 heavy (non-hydrogen) atoms. The highest BCUT2D eigenvalue weighted by Gasteiger charge is 2.37. The summed E-state index contributed by atoms with van der Waals surface area (Å²) in [5.74, 6) is -0.0126. The van der Waals surface area contributed by atoms with Crippen LogP contribution in [-0.4, -0.2) is 31.4 Å². The number of hydrogen-bond donors (Lipinski definition) is 1. The van der Waals surface area contributed by atoms with E-state index in [0.717, 1.165) is 5.56 Å². The first kappa shape index (κ1) is 13.5. The minimum absolute atomic E-state index is 0.639. The maximum Gasteiger partial charge on any atom is 0.335 e. The average Bonchev–Trinajstić information content (AvgIpc) is 2.36. The number of aliphatic hydroxyl groups is 1. The minimum atomic E-state index is -1.23. The molecule has 1 rings (SSSR count). The molecule has 0 aliphatic carbocycles. The van der Waals surface area contributed by atoms with Crippen molar-refractivity contribution in [1.29, 1.82) is 0 Å². The van der Waals surface area contributed by atoms with E-state index in [-0.39, 0.29) is 0 Å². The molecule has 0 amide bonds. The zero-order valence-corrected chi connectivity index (χ0v) is 10.6. The fourth-order valence-corrected chi connectivity index (χ4v) is 1.73. The lowest BCUT2D eigenvalue weighted by atomic mass is 9.79. The number of hydrogen-bond acceptors (Lipinski definition) is 4. The largest absolute Gasteiger partial charge is 0.496 e. The van der Waals surface area contributed by atoms with Crippen LogP contribution in [0.4, 0.5) is 0 Å². The van der Waals surface area contributed by atoms with Gasteiger partial charge in [0.1, 0.15) is 5.75 Å². The van der Waals surface area contributed by atoms with Crippen LogP contribution >= 0.6 is 0 Å².